The van der Waals surface area contributed by atoms with E-state index in [4.69, 9.17) is 0 Å². The standard InChI is InChI=1S/C26H30F5N7O3/c1-13-21(37-41-36-13)23(40)34-17(10-24(2,3)26(29,30)31)18-12-38-19(33-18)7-16(11-32-38)22(15-4-5-15)35-20(39)6-14-8-25(27,28)9-14/h7,11-12,14-15,17,22H,4-6,8-10H2,1-3H3,(H,34,40)(H,35,39)/t17-,22+/m0/s1. The lowest BCUT2D eigenvalue weighted by Crippen LogP contribution is -2.39. The van der Waals surface area contributed by atoms with Gasteiger partial charge in [-0.15, -0.1) is 0 Å². The summed E-state index contributed by atoms with van der Waals surface area (Å²) in [6, 6.07) is 0.111. The second-order valence-electron chi connectivity index (χ2n) is 11.8. The lowest BCUT2D eigenvalue weighted by molar-refractivity contribution is -0.215. The van der Waals surface area contributed by atoms with Crippen LogP contribution in [-0.2, 0) is 4.79 Å². The number of nitrogens with zero attached hydrogens (tertiary/aromatic N) is 5. The van der Waals surface area contributed by atoms with Gasteiger partial charge in [-0.3, -0.25) is 9.59 Å². The molecule has 0 bridgehead atoms. The first-order valence-corrected chi connectivity index (χ1v) is 13.3. The smallest absolute Gasteiger partial charge is 0.349 e. The Labute approximate surface area is 231 Å². The molecule has 2 atom stereocenters. The maximum absolute atomic E-state index is 13.8. The van der Waals surface area contributed by atoms with E-state index in [2.05, 4.69) is 35.7 Å². The zero-order chi connectivity index (χ0) is 29.7. The topological polar surface area (TPSA) is 127 Å². The number of halogens is 5. The fourth-order valence-corrected chi connectivity index (χ4v) is 5.09. The summed E-state index contributed by atoms with van der Waals surface area (Å²) in [4.78, 5) is 30.0. The number of carbonyl (C=O) groups is 2. The predicted octanol–water partition coefficient (Wildman–Crippen LogP) is 4.87. The first kappa shape index (κ1) is 28.9. The highest BCUT2D eigenvalue weighted by Gasteiger charge is 2.49. The van der Waals surface area contributed by atoms with Crippen LogP contribution in [0.2, 0.25) is 0 Å². The molecule has 0 radical (unpaired) electrons. The summed E-state index contributed by atoms with van der Waals surface area (Å²) in [6.07, 6.45) is -0.950. The molecular formula is C26H30F5N7O3. The van der Waals surface area contributed by atoms with Crippen molar-refractivity contribution in [1.82, 2.24) is 35.5 Å². The Morgan fingerprint density at radius 1 is 1.17 bits per heavy atom. The highest BCUT2D eigenvalue weighted by molar-refractivity contribution is 5.93. The van der Waals surface area contributed by atoms with E-state index in [1.54, 1.807) is 6.07 Å². The van der Waals surface area contributed by atoms with Crippen molar-refractivity contribution in [2.75, 3.05) is 0 Å². The highest BCUT2D eigenvalue weighted by atomic mass is 19.4. The molecule has 2 amide bonds. The van der Waals surface area contributed by atoms with E-state index in [0.29, 0.717) is 11.2 Å². The van der Waals surface area contributed by atoms with Crippen LogP contribution in [0, 0.1) is 24.2 Å². The summed E-state index contributed by atoms with van der Waals surface area (Å²) in [6.45, 7) is 3.55. The van der Waals surface area contributed by atoms with Crippen molar-refractivity contribution in [3.8, 4) is 0 Å². The minimum Gasteiger partial charge on any atom is -0.349 e. The van der Waals surface area contributed by atoms with Crippen LogP contribution in [0.4, 0.5) is 22.0 Å². The van der Waals surface area contributed by atoms with Crippen LogP contribution in [0.25, 0.3) is 5.65 Å². The number of aryl methyl sites for hydroxylation is 1. The third kappa shape index (κ3) is 6.32. The zero-order valence-electron chi connectivity index (χ0n) is 22.6. The van der Waals surface area contributed by atoms with Gasteiger partial charge < -0.3 is 10.6 Å². The van der Waals surface area contributed by atoms with Crippen molar-refractivity contribution in [1.29, 1.82) is 0 Å². The number of alkyl halides is 5. The molecule has 41 heavy (non-hydrogen) atoms. The molecule has 2 aliphatic carbocycles. The SMILES string of the molecule is Cc1nonc1C(=O)N[C@@H](CC(C)(C)C(F)(F)F)c1cn2ncc([C@H](NC(=O)CC3CC(F)(F)C3)C3CC3)cc2n1. The van der Waals surface area contributed by atoms with Crippen LogP contribution in [0.15, 0.2) is 23.1 Å². The molecule has 0 unspecified atom stereocenters. The largest absolute Gasteiger partial charge is 0.394 e. The third-order valence-electron chi connectivity index (χ3n) is 7.79. The molecule has 0 saturated heterocycles. The molecule has 2 saturated carbocycles. The van der Waals surface area contributed by atoms with Crippen molar-refractivity contribution in [3.05, 3.63) is 41.1 Å². The molecule has 0 spiro atoms. The van der Waals surface area contributed by atoms with Crippen molar-refractivity contribution in [3.63, 3.8) is 0 Å². The van der Waals surface area contributed by atoms with E-state index in [-0.39, 0.29) is 54.1 Å². The third-order valence-corrected chi connectivity index (χ3v) is 7.79. The van der Waals surface area contributed by atoms with Crippen molar-refractivity contribution in [2.45, 2.75) is 83.5 Å². The molecule has 3 heterocycles. The van der Waals surface area contributed by atoms with Gasteiger partial charge in [0.1, 0.15) is 5.69 Å². The maximum atomic E-state index is 13.8. The number of hydrogen-bond acceptors (Lipinski definition) is 7. The first-order valence-electron chi connectivity index (χ1n) is 13.3. The Morgan fingerprint density at radius 2 is 1.88 bits per heavy atom. The van der Waals surface area contributed by atoms with Crippen LogP contribution >= 0.6 is 0 Å². The van der Waals surface area contributed by atoms with Gasteiger partial charge in [0.2, 0.25) is 11.8 Å². The van der Waals surface area contributed by atoms with Crippen LogP contribution in [-0.4, -0.2) is 48.8 Å². The first-order chi connectivity index (χ1) is 19.1. The van der Waals surface area contributed by atoms with Crippen molar-refractivity contribution >= 4 is 17.5 Å². The van der Waals surface area contributed by atoms with Crippen molar-refractivity contribution < 1.29 is 36.2 Å². The van der Waals surface area contributed by atoms with Gasteiger partial charge in [0.25, 0.3) is 5.91 Å². The molecule has 3 aromatic rings. The van der Waals surface area contributed by atoms with Crippen LogP contribution in [0.1, 0.15) is 91.9 Å². The highest BCUT2D eigenvalue weighted by Crippen LogP contribution is 2.46. The van der Waals surface area contributed by atoms with Crippen LogP contribution < -0.4 is 10.6 Å². The number of amides is 2. The van der Waals surface area contributed by atoms with Gasteiger partial charge in [0.05, 0.1) is 35.6 Å². The summed E-state index contributed by atoms with van der Waals surface area (Å²) in [5, 5.41) is 16.9. The molecule has 5 rings (SSSR count). The maximum Gasteiger partial charge on any atom is 0.394 e. The van der Waals surface area contributed by atoms with Gasteiger partial charge in [-0.1, -0.05) is 19.0 Å². The summed E-state index contributed by atoms with van der Waals surface area (Å²) in [5.74, 6) is -3.99. The molecule has 222 valence electrons. The summed E-state index contributed by atoms with van der Waals surface area (Å²) < 4.78 is 73.7. The molecule has 3 aromatic heterocycles. The fourth-order valence-electron chi connectivity index (χ4n) is 5.09. The van der Waals surface area contributed by atoms with Gasteiger partial charge in [-0.2, -0.15) is 18.3 Å². The Bertz CT molecular complexity index is 1440. The summed E-state index contributed by atoms with van der Waals surface area (Å²) in [7, 11) is 0. The minimum atomic E-state index is -4.56. The Morgan fingerprint density at radius 3 is 2.46 bits per heavy atom. The number of carbonyl (C=O) groups excluding carboxylic acids is 2. The normalized spacial score (nSPS) is 19.0. The van der Waals surface area contributed by atoms with Crippen molar-refractivity contribution in [2.24, 2.45) is 17.3 Å². The van der Waals surface area contributed by atoms with Gasteiger partial charge in [0.15, 0.2) is 11.3 Å². The molecule has 0 aliphatic heterocycles. The van der Waals surface area contributed by atoms with E-state index in [1.165, 1.54) is 23.8 Å². The number of rotatable bonds is 10. The molecule has 2 aliphatic rings. The monoisotopic (exact) mass is 583 g/mol. The van der Waals surface area contributed by atoms with Gasteiger partial charge in [-0.05, 0) is 54.8 Å². The fraction of sp³-hybridized carbons (Fsp3) is 0.615. The van der Waals surface area contributed by atoms with E-state index in [0.717, 1.165) is 26.7 Å². The minimum absolute atomic E-state index is 0.0128. The van der Waals surface area contributed by atoms with E-state index in [1.807, 2.05) is 0 Å². The van der Waals surface area contributed by atoms with E-state index >= 15 is 0 Å². The molecular weight excluding hydrogens is 553 g/mol. The Balaban J connectivity index is 1.38. The lowest BCUT2D eigenvalue weighted by Gasteiger charge is -2.34. The van der Waals surface area contributed by atoms with Gasteiger partial charge in [-0.25, -0.2) is 22.9 Å². The summed E-state index contributed by atoms with van der Waals surface area (Å²) >= 11 is 0. The molecule has 0 aromatic carbocycles. The number of fused-ring (bicyclic) bond motifs is 1. The molecule has 10 nitrogen and oxygen atoms in total. The average Bonchev–Trinajstić information content (AvgIpc) is 3.45. The van der Waals surface area contributed by atoms with Gasteiger partial charge >= 0.3 is 6.18 Å². The zero-order valence-corrected chi connectivity index (χ0v) is 22.6. The summed E-state index contributed by atoms with van der Waals surface area (Å²) in [5.41, 5.74) is -1.06. The second kappa shape index (κ2) is 10.3. The van der Waals surface area contributed by atoms with Gasteiger partial charge in [0, 0.05) is 19.3 Å². The quantitative estimate of drug-likeness (QED) is 0.326. The Kier molecular flexibility index (Phi) is 7.26. The van der Waals surface area contributed by atoms with Crippen LogP contribution in [0.3, 0.4) is 0 Å². The molecule has 2 N–H and O–H groups in total. The Hall–Kier alpha value is -3.65. The second-order valence-corrected chi connectivity index (χ2v) is 11.8. The van der Waals surface area contributed by atoms with E-state index < -0.39 is 41.9 Å². The number of imidazole rings is 1. The number of nitrogens with one attached hydrogen (secondary N) is 2. The number of hydrogen-bond donors (Lipinski definition) is 2. The predicted molar refractivity (Wildman–Crippen MR) is 133 cm³/mol. The molecule has 15 heteroatoms. The van der Waals surface area contributed by atoms with E-state index in [9.17, 15) is 31.5 Å². The number of aromatic nitrogens is 5. The van der Waals surface area contributed by atoms with Crippen LogP contribution in [0.5, 0.6) is 0 Å². The molecule has 2 fully saturated rings. The lowest BCUT2D eigenvalue weighted by atomic mass is 9.79. The average molecular weight is 584 g/mol.